The third-order valence-electron chi connectivity index (χ3n) is 5.14. The van der Waals surface area contributed by atoms with Crippen molar-refractivity contribution in [2.75, 3.05) is 0 Å². The SMILES string of the molecule is CC(C)(C)CC1=Cc2cccc3nc(-c4ccccc4)n(c23)C1(C)C. The van der Waals surface area contributed by atoms with Crippen LogP contribution < -0.4 is 0 Å². The van der Waals surface area contributed by atoms with Crippen molar-refractivity contribution < 1.29 is 0 Å². The Morgan fingerprint density at radius 2 is 1.68 bits per heavy atom. The Kier molecular flexibility index (Phi) is 3.44. The van der Waals surface area contributed by atoms with Gasteiger partial charge in [0.2, 0.25) is 0 Å². The number of hydrogen-bond donors (Lipinski definition) is 0. The van der Waals surface area contributed by atoms with Crippen LogP contribution in [-0.4, -0.2) is 9.55 Å². The van der Waals surface area contributed by atoms with E-state index in [9.17, 15) is 0 Å². The molecule has 0 saturated carbocycles. The molecule has 0 radical (unpaired) electrons. The highest BCUT2D eigenvalue weighted by molar-refractivity contribution is 5.91. The summed E-state index contributed by atoms with van der Waals surface area (Å²) in [6.07, 6.45) is 3.46. The molecule has 0 atom stereocenters. The number of aromatic nitrogens is 2. The largest absolute Gasteiger partial charge is 0.314 e. The van der Waals surface area contributed by atoms with Gasteiger partial charge < -0.3 is 4.57 Å². The first-order valence-corrected chi connectivity index (χ1v) is 9.06. The maximum atomic E-state index is 5.01. The van der Waals surface area contributed by atoms with Gasteiger partial charge in [0.25, 0.3) is 0 Å². The van der Waals surface area contributed by atoms with Crippen molar-refractivity contribution in [3.8, 4) is 11.4 Å². The molecule has 25 heavy (non-hydrogen) atoms. The van der Waals surface area contributed by atoms with E-state index >= 15 is 0 Å². The van der Waals surface area contributed by atoms with Crippen LogP contribution >= 0.6 is 0 Å². The number of imidazole rings is 1. The fourth-order valence-corrected chi connectivity index (χ4v) is 3.94. The van der Waals surface area contributed by atoms with Gasteiger partial charge in [-0.1, -0.05) is 69.3 Å². The number of rotatable bonds is 2. The highest BCUT2D eigenvalue weighted by Crippen LogP contribution is 2.44. The van der Waals surface area contributed by atoms with Gasteiger partial charge in [0.15, 0.2) is 0 Å². The summed E-state index contributed by atoms with van der Waals surface area (Å²) < 4.78 is 2.45. The van der Waals surface area contributed by atoms with Gasteiger partial charge >= 0.3 is 0 Å². The van der Waals surface area contributed by atoms with E-state index in [2.05, 4.69) is 93.8 Å². The lowest BCUT2D eigenvalue weighted by atomic mass is 9.78. The van der Waals surface area contributed by atoms with Crippen molar-refractivity contribution in [2.45, 2.75) is 46.6 Å². The average molecular weight is 330 g/mol. The molecule has 0 saturated heterocycles. The Labute approximate surface area is 150 Å². The number of benzene rings is 2. The van der Waals surface area contributed by atoms with Crippen molar-refractivity contribution in [3.05, 3.63) is 59.7 Å². The van der Waals surface area contributed by atoms with Crippen molar-refractivity contribution in [1.29, 1.82) is 0 Å². The molecule has 0 aliphatic carbocycles. The van der Waals surface area contributed by atoms with Crippen molar-refractivity contribution in [2.24, 2.45) is 5.41 Å². The lowest BCUT2D eigenvalue weighted by Gasteiger charge is -2.38. The molecular weight excluding hydrogens is 304 g/mol. The summed E-state index contributed by atoms with van der Waals surface area (Å²) in [6.45, 7) is 11.6. The molecule has 1 aromatic heterocycles. The van der Waals surface area contributed by atoms with E-state index in [1.165, 1.54) is 22.2 Å². The lowest BCUT2D eigenvalue weighted by Crippen LogP contribution is -2.33. The van der Waals surface area contributed by atoms with Gasteiger partial charge in [-0.15, -0.1) is 0 Å². The van der Waals surface area contributed by atoms with Gasteiger partial charge in [0.1, 0.15) is 5.82 Å². The molecular formula is C23H26N2. The van der Waals surface area contributed by atoms with Crippen molar-refractivity contribution in [3.63, 3.8) is 0 Å². The van der Waals surface area contributed by atoms with Gasteiger partial charge in [-0.2, -0.15) is 0 Å². The van der Waals surface area contributed by atoms with Gasteiger partial charge in [-0.3, -0.25) is 0 Å². The van der Waals surface area contributed by atoms with Crippen LogP contribution in [0.15, 0.2) is 54.1 Å². The number of nitrogens with zero attached hydrogens (tertiary/aromatic N) is 2. The molecule has 0 N–H and O–H groups in total. The summed E-state index contributed by atoms with van der Waals surface area (Å²) in [5.41, 5.74) is 6.42. The Morgan fingerprint density at radius 3 is 2.36 bits per heavy atom. The number of hydrogen-bond acceptors (Lipinski definition) is 1. The van der Waals surface area contributed by atoms with Crippen molar-refractivity contribution >= 4 is 17.1 Å². The second kappa shape index (κ2) is 5.32. The van der Waals surface area contributed by atoms with Crippen LogP contribution in [0.2, 0.25) is 0 Å². The van der Waals surface area contributed by atoms with Gasteiger partial charge in [0.05, 0.1) is 16.6 Å². The summed E-state index contributed by atoms with van der Waals surface area (Å²) in [4.78, 5) is 5.01. The highest BCUT2D eigenvalue weighted by atomic mass is 15.1. The molecule has 1 aliphatic rings. The quantitative estimate of drug-likeness (QED) is 0.541. The number of para-hydroxylation sites is 1. The van der Waals surface area contributed by atoms with Crippen LogP contribution in [-0.2, 0) is 5.54 Å². The zero-order valence-electron chi connectivity index (χ0n) is 15.8. The van der Waals surface area contributed by atoms with Crippen LogP contribution in [0.25, 0.3) is 28.5 Å². The normalized spacial score (nSPS) is 16.1. The second-order valence-electron chi connectivity index (χ2n) is 8.82. The average Bonchev–Trinajstić information content (AvgIpc) is 2.94. The lowest BCUT2D eigenvalue weighted by molar-refractivity contribution is 0.346. The molecule has 0 bridgehead atoms. The van der Waals surface area contributed by atoms with Gasteiger partial charge in [-0.05, 0) is 37.3 Å². The first kappa shape index (κ1) is 16.1. The predicted molar refractivity (Wildman–Crippen MR) is 107 cm³/mol. The molecule has 0 spiro atoms. The van der Waals surface area contributed by atoms with Crippen LogP contribution in [0.4, 0.5) is 0 Å². The smallest absolute Gasteiger partial charge is 0.141 e. The van der Waals surface area contributed by atoms with Crippen LogP contribution in [0, 0.1) is 5.41 Å². The maximum Gasteiger partial charge on any atom is 0.141 e. The molecule has 0 fully saturated rings. The van der Waals surface area contributed by atoms with E-state index in [1.807, 2.05) is 0 Å². The predicted octanol–water partition coefficient (Wildman–Crippen LogP) is 6.27. The fraction of sp³-hybridized carbons (Fsp3) is 0.348. The summed E-state index contributed by atoms with van der Waals surface area (Å²) in [5, 5.41) is 0. The Balaban J connectivity index is 2.01. The summed E-state index contributed by atoms with van der Waals surface area (Å²) in [5.74, 6) is 1.06. The number of allylic oxidation sites excluding steroid dienone is 1. The standard InChI is InChI=1S/C23H26N2/c1-22(2,3)15-18-14-17-12-9-13-19-20(17)25(23(18,4)5)21(24-19)16-10-7-6-8-11-16/h6-14H,15H2,1-5H3. The first-order chi connectivity index (χ1) is 11.8. The van der Waals surface area contributed by atoms with Crippen molar-refractivity contribution in [1.82, 2.24) is 9.55 Å². The molecule has 4 rings (SSSR count). The molecule has 2 heteroatoms. The summed E-state index contributed by atoms with van der Waals surface area (Å²) >= 11 is 0. The van der Waals surface area contributed by atoms with Crippen LogP contribution in [0.1, 0.15) is 46.6 Å². The molecule has 2 heterocycles. The van der Waals surface area contributed by atoms with E-state index in [0.29, 0.717) is 0 Å². The molecule has 3 aromatic rings. The zero-order chi connectivity index (χ0) is 17.8. The molecule has 2 aromatic carbocycles. The minimum atomic E-state index is -0.0957. The maximum absolute atomic E-state index is 5.01. The van der Waals surface area contributed by atoms with E-state index in [4.69, 9.17) is 4.98 Å². The van der Waals surface area contributed by atoms with Crippen LogP contribution in [0.3, 0.4) is 0 Å². The monoisotopic (exact) mass is 330 g/mol. The highest BCUT2D eigenvalue weighted by Gasteiger charge is 2.35. The van der Waals surface area contributed by atoms with E-state index in [0.717, 1.165) is 17.8 Å². The van der Waals surface area contributed by atoms with E-state index in [1.54, 1.807) is 0 Å². The minimum Gasteiger partial charge on any atom is -0.314 e. The Hall–Kier alpha value is -2.35. The van der Waals surface area contributed by atoms with Crippen LogP contribution in [0.5, 0.6) is 0 Å². The molecule has 128 valence electrons. The van der Waals surface area contributed by atoms with Gasteiger partial charge in [0, 0.05) is 11.1 Å². The molecule has 0 amide bonds. The fourth-order valence-electron chi connectivity index (χ4n) is 3.94. The Bertz CT molecular complexity index is 966. The zero-order valence-corrected chi connectivity index (χ0v) is 15.8. The van der Waals surface area contributed by atoms with Gasteiger partial charge in [-0.25, -0.2) is 4.98 Å². The molecule has 0 unspecified atom stereocenters. The first-order valence-electron chi connectivity index (χ1n) is 9.06. The summed E-state index contributed by atoms with van der Waals surface area (Å²) in [7, 11) is 0. The molecule has 2 nitrogen and oxygen atoms in total. The summed E-state index contributed by atoms with van der Waals surface area (Å²) in [6, 6.07) is 17.0. The third-order valence-corrected chi connectivity index (χ3v) is 5.14. The Morgan fingerprint density at radius 1 is 0.960 bits per heavy atom. The molecule has 1 aliphatic heterocycles. The van der Waals surface area contributed by atoms with E-state index < -0.39 is 0 Å². The topological polar surface area (TPSA) is 17.8 Å². The minimum absolute atomic E-state index is 0.0957. The van der Waals surface area contributed by atoms with E-state index in [-0.39, 0.29) is 11.0 Å². The third kappa shape index (κ3) is 2.60. The second-order valence-corrected chi connectivity index (χ2v) is 8.82.